The summed E-state index contributed by atoms with van der Waals surface area (Å²) in [5.74, 6) is -0.128. The Morgan fingerprint density at radius 1 is 1.44 bits per heavy atom. The summed E-state index contributed by atoms with van der Waals surface area (Å²) < 4.78 is 4.55. The van der Waals surface area contributed by atoms with E-state index in [1.807, 2.05) is 0 Å². The van der Waals surface area contributed by atoms with Crippen molar-refractivity contribution in [3.8, 4) is 0 Å². The van der Waals surface area contributed by atoms with Gasteiger partial charge in [0.2, 0.25) is 0 Å². The molecule has 2 heterocycles. The van der Waals surface area contributed by atoms with Crippen molar-refractivity contribution in [3.05, 3.63) is 11.4 Å². The van der Waals surface area contributed by atoms with Gasteiger partial charge in [0.15, 0.2) is 5.69 Å². The van der Waals surface area contributed by atoms with Gasteiger partial charge in [0.25, 0.3) is 5.91 Å². The first-order valence-electron chi connectivity index (χ1n) is 6.31. The number of piperidine rings is 1. The fourth-order valence-electron chi connectivity index (χ4n) is 2.38. The minimum Gasteiger partial charge on any atom is -0.396 e. The number of hydrogen-bond acceptors (Lipinski definition) is 5. The van der Waals surface area contributed by atoms with Crippen LogP contribution in [0, 0.1) is 12.3 Å². The number of nitrogens with zero attached hydrogens (tertiary/aromatic N) is 3. The Balaban J connectivity index is 2.02. The average Bonchev–Trinajstić information content (AvgIpc) is 2.84. The normalized spacial score (nSPS) is 18.9. The van der Waals surface area contributed by atoms with Crippen LogP contribution in [0.15, 0.2) is 4.63 Å². The van der Waals surface area contributed by atoms with Crippen LogP contribution in [-0.4, -0.2) is 45.9 Å². The van der Waals surface area contributed by atoms with Crippen LogP contribution < -0.4 is 0 Å². The van der Waals surface area contributed by atoms with E-state index in [9.17, 15) is 9.90 Å². The Morgan fingerprint density at radius 3 is 2.56 bits per heavy atom. The number of hydrogen-bond donors (Lipinski definition) is 1. The zero-order valence-electron chi connectivity index (χ0n) is 10.8. The van der Waals surface area contributed by atoms with Gasteiger partial charge in [-0.05, 0) is 36.8 Å². The van der Waals surface area contributed by atoms with Gasteiger partial charge >= 0.3 is 0 Å². The summed E-state index contributed by atoms with van der Waals surface area (Å²) >= 11 is 0. The van der Waals surface area contributed by atoms with Gasteiger partial charge in [-0.1, -0.05) is 12.1 Å². The maximum Gasteiger partial charge on any atom is 0.278 e. The highest BCUT2D eigenvalue weighted by Crippen LogP contribution is 2.34. The van der Waals surface area contributed by atoms with Crippen molar-refractivity contribution >= 4 is 5.91 Å². The largest absolute Gasteiger partial charge is 0.396 e. The number of aliphatic hydroxyl groups excluding tert-OH is 1. The Bertz CT molecular complexity index is 416. The molecule has 1 N–H and O–H groups in total. The van der Waals surface area contributed by atoms with E-state index in [0.29, 0.717) is 24.5 Å². The monoisotopic (exact) mass is 253 g/mol. The third-order valence-corrected chi connectivity index (χ3v) is 4.05. The summed E-state index contributed by atoms with van der Waals surface area (Å²) in [7, 11) is 0. The standard InChI is InChI=1S/C12H19N3O3/c1-3-12(8-16)4-6-15(7-5-12)11(17)10-9(2)13-18-14-10/h16H,3-8H2,1-2H3. The number of aromatic nitrogens is 2. The van der Waals surface area contributed by atoms with Gasteiger partial charge < -0.3 is 10.0 Å². The van der Waals surface area contributed by atoms with E-state index in [1.165, 1.54) is 0 Å². The topological polar surface area (TPSA) is 79.5 Å². The molecule has 1 saturated heterocycles. The number of carbonyl (C=O) groups excluding carboxylic acids is 1. The molecule has 6 heteroatoms. The first kappa shape index (κ1) is 13.0. The van der Waals surface area contributed by atoms with E-state index >= 15 is 0 Å². The predicted octanol–water partition coefficient (Wildman–Crippen LogP) is 1.00. The SMILES string of the molecule is CCC1(CO)CCN(C(=O)c2nonc2C)CC1. The summed E-state index contributed by atoms with van der Waals surface area (Å²) in [5.41, 5.74) is 0.797. The molecule has 1 aromatic heterocycles. The summed E-state index contributed by atoms with van der Waals surface area (Å²) in [6.07, 6.45) is 2.60. The second kappa shape index (κ2) is 5.06. The molecule has 18 heavy (non-hydrogen) atoms. The van der Waals surface area contributed by atoms with Gasteiger partial charge in [-0.25, -0.2) is 4.63 Å². The Labute approximate surface area is 106 Å². The molecule has 0 aliphatic carbocycles. The number of rotatable bonds is 3. The summed E-state index contributed by atoms with van der Waals surface area (Å²) in [6, 6.07) is 0. The number of carbonyl (C=O) groups is 1. The lowest BCUT2D eigenvalue weighted by atomic mass is 9.77. The van der Waals surface area contributed by atoms with Crippen LogP contribution in [0.5, 0.6) is 0 Å². The van der Waals surface area contributed by atoms with E-state index < -0.39 is 0 Å². The Morgan fingerprint density at radius 2 is 2.11 bits per heavy atom. The molecule has 0 radical (unpaired) electrons. The van der Waals surface area contributed by atoms with Crippen LogP contribution in [0.1, 0.15) is 42.4 Å². The van der Waals surface area contributed by atoms with Gasteiger partial charge in [-0.2, -0.15) is 0 Å². The molecule has 1 fully saturated rings. The van der Waals surface area contributed by atoms with Gasteiger partial charge in [0.05, 0.1) is 0 Å². The fourth-order valence-corrected chi connectivity index (χ4v) is 2.38. The predicted molar refractivity (Wildman–Crippen MR) is 64.0 cm³/mol. The quantitative estimate of drug-likeness (QED) is 0.869. The molecule has 0 saturated carbocycles. The van der Waals surface area contributed by atoms with Crippen LogP contribution in [0.3, 0.4) is 0 Å². The second-order valence-corrected chi connectivity index (χ2v) is 5.00. The molecule has 2 rings (SSSR count). The maximum atomic E-state index is 12.2. The van der Waals surface area contributed by atoms with Crippen LogP contribution >= 0.6 is 0 Å². The summed E-state index contributed by atoms with van der Waals surface area (Å²) in [5, 5.41) is 16.7. The lowest BCUT2D eigenvalue weighted by Crippen LogP contribution is -2.44. The highest BCUT2D eigenvalue weighted by atomic mass is 16.6. The van der Waals surface area contributed by atoms with Gasteiger partial charge in [0.1, 0.15) is 5.69 Å². The highest BCUT2D eigenvalue weighted by Gasteiger charge is 2.35. The smallest absolute Gasteiger partial charge is 0.278 e. The van der Waals surface area contributed by atoms with Crippen molar-refractivity contribution in [2.45, 2.75) is 33.1 Å². The number of aryl methyl sites for hydroxylation is 1. The highest BCUT2D eigenvalue weighted by molar-refractivity contribution is 5.93. The molecule has 1 aliphatic rings. The number of likely N-dealkylation sites (tertiary alicyclic amines) is 1. The van der Waals surface area contributed by atoms with Crippen LogP contribution in [-0.2, 0) is 0 Å². The van der Waals surface area contributed by atoms with E-state index in [2.05, 4.69) is 21.9 Å². The Kier molecular flexibility index (Phi) is 3.65. The van der Waals surface area contributed by atoms with E-state index in [-0.39, 0.29) is 17.9 Å². The van der Waals surface area contributed by atoms with Gasteiger partial charge in [-0.15, -0.1) is 0 Å². The summed E-state index contributed by atoms with van der Waals surface area (Å²) in [6.45, 7) is 5.28. The molecular weight excluding hydrogens is 234 g/mol. The van der Waals surface area contributed by atoms with Crippen molar-refractivity contribution in [1.82, 2.24) is 15.2 Å². The Hall–Kier alpha value is -1.43. The molecule has 1 amide bonds. The van der Waals surface area contributed by atoms with E-state index in [1.54, 1.807) is 11.8 Å². The average molecular weight is 253 g/mol. The lowest BCUT2D eigenvalue weighted by molar-refractivity contribution is 0.0332. The number of aliphatic hydroxyl groups is 1. The molecule has 0 unspecified atom stereocenters. The van der Waals surface area contributed by atoms with Crippen LogP contribution in [0.25, 0.3) is 0 Å². The fraction of sp³-hybridized carbons (Fsp3) is 0.750. The van der Waals surface area contributed by atoms with E-state index in [4.69, 9.17) is 0 Å². The molecule has 0 aromatic carbocycles. The summed E-state index contributed by atoms with van der Waals surface area (Å²) in [4.78, 5) is 13.9. The third kappa shape index (κ3) is 2.25. The first-order valence-corrected chi connectivity index (χ1v) is 6.31. The van der Waals surface area contributed by atoms with Crippen molar-refractivity contribution in [2.24, 2.45) is 5.41 Å². The zero-order valence-corrected chi connectivity index (χ0v) is 10.8. The van der Waals surface area contributed by atoms with Crippen molar-refractivity contribution in [2.75, 3.05) is 19.7 Å². The third-order valence-electron chi connectivity index (χ3n) is 4.05. The van der Waals surface area contributed by atoms with Gasteiger partial charge in [-0.3, -0.25) is 4.79 Å². The molecule has 0 atom stereocenters. The molecule has 6 nitrogen and oxygen atoms in total. The maximum absolute atomic E-state index is 12.2. The van der Waals surface area contributed by atoms with Crippen molar-refractivity contribution in [3.63, 3.8) is 0 Å². The minimum absolute atomic E-state index is 0.0199. The molecule has 1 aromatic rings. The zero-order chi connectivity index (χ0) is 13.2. The number of amides is 1. The second-order valence-electron chi connectivity index (χ2n) is 5.00. The lowest BCUT2D eigenvalue weighted by Gasteiger charge is -2.39. The molecular formula is C12H19N3O3. The van der Waals surface area contributed by atoms with Crippen molar-refractivity contribution < 1.29 is 14.5 Å². The molecule has 1 aliphatic heterocycles. The molecule has 0 bridgehead atoms. The minimum atomic E-state index is -0.128. The molecule has 100 valence electrons. The van der Waals surface area contributed by atoms with Gasteiger partial charge in [0, 0.05) is 19.7 Å². The van der Waals surface area contributed by atoms with Crippen molar-refractivity contribution in [1.29, 1.82) is 0 Å². The van der Waals surface area contributed by atoms with E-state index in [0.717, 1.165) is 19.3 Å². The molecule has 0 spiro atoms. The van der Waals surface area contributed by atoms with Crippen LogP contribution in [0.2, 0.25) is 0 Å². The van der Waals surface area contributed by atoms with Crippen LogP contribution in [0.4, 0.5) is 0 Å². The first-order chi connectivity index (χ1) is 8.62.